The summed E-state index contributed by atoms with van der Waals surface area (Å²) in [7, 11) is 0. The maximum atomic E-state index is 12.8. The fraction of sp³-hybridized carbons (Fsp3) is 0.942. The molecule has 0 amide bonds. The molecule has 58 heavy (non-hydrogen) atoms. The average Bonchev–Trinajstić information content (AvgIpc) is 3.18. The lowest BCUT2D eigenvalue weighted by Crippen LogP contribution is -2.30. The second kappa shape index (κ2) is 43.5. The van der Waals surface area contributed by atoms with Crippen molar-refractivity contribution in [3.05, 3.63) is 0 Å². The molecule has 0 spiro atoms. The normalized spacial score (nSPS) is 12.2. The molecule has 0 aliphatic rings. The van der Waals surface area contributed by atoms with Crippen molar-refractivity contribution in [1.82, 2.24) is 0 Å². The molecule has 0 aliphatic heterocycles. The maximum absolute atomic E-state index is 12.8. The Bertz CT molecular complexity index is 898. The van der Waals surface area contributed by atoms with Crippen LogP contribution in [0.3, 0.4) is 0 Å². The van der Waals surface area contributed by atoms with Crippen LogP contribution in [0.5, 0.6) is 0 Å². The summed E-state index contributed by atoms with van der Waals surface area (Å²) in [6, 6.07) is 0. The zero-order valence-electron chi connectivity index (χ0n) is 39.8. The van der Waals surface area contributed by atoms with Gasteiger partial charge in [0.2, 0.25) is 0 Å². The third-order valence-corrected chi connectivity index (χ3v) is 11.6. The third-order valence-electron chi connectivity index (χ3n) is 11.6. The van der Waals surface area contributed by atoms with Crippen molar-refractivity contribution < 1.29 is 28.6 Å². The van der Waals surface area contributed by atoms with E-state index in [4.69, 9.17) is 14.2 Å². The van der Waals surface area contributed by atoms with Crippen LogP contribution in [0.15, 0.2) is 0 Å². The van der Waals surface area contributed by atoms with E-state index in [-0.39, 0.29) is 31.1 Å². The van der Waals surface area contributed by atoms with Crippen LogP contribution in [0, 0.1) is 17.8 Å². The van der Waals surface area contributed by atoms with Crippen molar-refractivity contribution in [2.45, 2.75) is 285 Å². The number of hydrogen-bond donors (Lipinski definition) is 0. The quantitative estimate of drug-likeness (QED) is 0.0346. The number of carbonyl (C=O) groups is 3. The Morgan fingerprint density at radius 2 is 0.500 bits per heavy atom. The van der Waals surface area contributed by atoms with E-state index in [1.165, 1.54) is 161 Å². The molecule has 0 aromatic rings. The molecule has 0 bridgehead atoms. The van der Waals surface area contributed by atoms with Crippen LogP contribution >= 0.6 is 0 Å². The molecule has 0 saturated heterocycles. The summed E-state index contributed by atoms with van der Waals surface area (Å²) in [5.41, 5.74) is 0. The molecule has 6 nitrogen and oxygen atoms in total. The summed E-state index contributed by atoms with van der Waals surface area (Å²) in [5.74, 6) is 1.60. The first kappa shape index (κ1) is 56.4. The minimum Gasteiger partial charge on any atom is -0.462 e. The van der Waals surface area contributed by atoms with Gasteiger partial charge < -0.3 is 14.2 Å². The molecule has 1 atom stereocenters. The Morgan fingerprint density at radius 1 is 0.293 bits per heavy atom. The summed E-state index contributed by atoms with van der Waals surface area (Å²) >= 11 is 0. The van der Waals surface area contributed by atoms with Crippen LogP contribution in [0.25, 0.3) is 0 Å². The van der Waals surface area contributed by atoms with Crippen molar-refractivity contribution in [1.29, 1.82) is 0 Å². The monoisotopic (exact) mass is 821 g/mol. The van der Waals surface area contributed by atoms with Gasteiger partial charge in [0.15, 0.2) is 6.10 Å². The molecule has 0 unspecified atom stereocenters. The van der Waals surface area contributed by atoms with Crippen molar-refractivity contribution in [3.8, 4) is 0 Å². The van der Waals surface area contributed by atoms with Gasteiger partial charge in [-0.05, 0) is 37.0 Å². The van der Waals surface area contributed by atoms with Gasteiger partial charge in [0.25, 0.3) is 0 Å². The first-order chi connectivity index (χ1) is 28.1. The Labute approximate surface area is 361 Å². The topological polar surface area (TPSA) is 78.9 Å². The van der Waals surface area contributed by atoms with Crippen molar-refractivity contribution >= 4 is 17.9 Å². The van der Waals surface area contributed by atoms with E-state index in [1.54, 1.807) is 0 Å². The number of ether oxygens (including phenoxy) is 3. The lowest BCUT2D eigenvalue weighted by Gasteiger charge is -2.18. The van der Waals surface area contributed by atoms with Gasteiger partial charge in [-0.25, -0.2) is 0 Å². The Balaban J connectivity index is 4.30. The number of rotatable bonds is 45. The van der Waals surface area contributed by atoms with Crippen LogP contribution < -0.4 is 0 Å². The van der Waals surface area contributed by atoms with Crippen LogP contribution in [-0.2, 0) is 28.6 Å². The molecule has 0 aromatic heterocycles. The number of hydrogen-bond acceptors (Lipinski definition) is 6. The summed E-state index contributed by atoms with van der Waals surface area (Å²) in [6.45, 7) is 13.7. The second-order valence-electron chi connectivity index (χ2n) is 19.2. The highest BCUT2D eigenvalue weighted by atomic mass is 16.6. The van der Waals surface area contributed by atoms with Gasteiger partial charge in [-0.3, -0.25) is 14.4 Å². The molecular weight excluding hydrogens is 721 g/mol. The van der Waals surface area contributed by atoms with E-state index in [0.717, 1.165) is 75.5 Å². The molecule has 0 fully saturated rings. The maximum Gasteiger partial charge on any atom is 0.306 e. The molecular formula is C52H100O6. The minimum atomic E-state index is -0.762. The molecule has 0 rings (SSSR count). The largest absolute Gasteiger partial charge is 0.462 e. The number of carbonyl (C=O) groups excluding carboxylic acids is 3. The summed E-state index contributed by atoms with van der Waals surface area (Å²) in [5, 5.41) is 0. The zero-order valence-corrected chi connectivity index (χ0v) is 39.8. The van der Waals surface area contributed by atoms with Crippen molar-refractivity contribution in [3.63, 3.8) is 0 Å². The molecule has 6 heteroatoms. The SMILES string of the molecule is CC(C)CCCCCCCCCCCCCCCC(=O)OC[C@H](COC(=O)CCCCCCCCCCC(C)C)OC(=O)CCCCCCCCCCCCC(C)C. The van der Waals surface area contributed by atoms with Gasteiger partial charge in [0.05, 0.1) is 0 Å². The Morgan fingerprint density at radius 3 is 0.741 bits per heavy atom. The first-order valence-corrected chi connectivity index (χ1v) is 25.6. The highest BCUT2D eigenvalue weighted by molar-refractivity contribution is 5.71. The van der Waals surface area contributed by atoms with Crippen LogP contribution in [-0.4, -0.2) is 37.2 Å². The fourth-order valence-corrected chi connectivity index (χ4v) is 7.76. The Hall–Kier alpha value is -1.59. The van der Waals surface area contributed by atoms with Crippen molar-refractivity contribution in [2.24, 2.45) is 17.8 Å². The van der Waals surface area contributed by atoms with E-state index < -0.39 is 6.10 Å². The predicted molar refractivity (Wildman–Crippen MR) is 247 cm³/mol. The minimum absolute atomic E-state index is 0.0650. The van der Waals surface area contributed by atoms with E-state index in [9.17, 15) is 14.4 Å². The molecule has 0 N–H and O–H groups in total. The molecule has 0 heterocycles. The third kappa shape index (κ3) is 45.5. The van der Waals surface area contributed by atoms with Gasteiger partial charge >= 0.3 is 17.9 Å². The lowest BCUT2D eigenvalue weighted by molar-refractivity contribution is -0.167. The molecule has 0 aromatic carbocycles. The van der Waals surface area contributed by atoms with E-state index in [1.807, 2.05) is 0 Å². The summed E-state index contributed by atoms with van der Waals surface area (Å²) in [4.78, 5) is 37.9. The second-order valence-corrected chi connectivity index (χ2v) is 19.2. The van der Waals surface area contributed by atoms with Gasteiger partial charge in [0.1, 0.15) is 13.2 Å². The van der Waals surface area contributed by atoms with Crippen LogP contribution in [0.4, 0.5) is 0 Å². The highest BCUT2D eigenvalue weighted by Gasteiger charge is 2.19. The van der Waals surface area contributed by atoms with Gasteiger partial charge in [-0.2, -0.15) is 0 Å². The predicted octanol–water partition coefficient (Wildman–Crippen LogP) is 16.4. The fourth-order valence-electron chi connectivity index (χ4n) is 7.76. The number of unbranched alkanes of at least 4 members (excludes halogenated alkanes) is 28. The molecule has 0 aliphatic carbocycles. The van der Waals surface area contributed by atoms with Crippen molar-refractivity contribution in [2.75, 3.05) is 13.2 Å². The van der Waals surface area contributed by atoms with Gasteiger partial charge in [-0.1, -0.05) is 241 Å². The van der Waals surface area contributed by atoms with Crippen LogP contribution in [0.2, 0.25) is 0 Å². The van der Waals surface area contributed by atoms with E-state index >= 15 is 0 Å². The summed E-state index contributed by atoms with van der Waals surface area (Å²) < 4.78 is 16.8. The smallest absolute Gasteiger partial charge is 0.306 e. The van der Waals surface area contributed by atoms with Gasteiger partial charge in [0, 0.05) is 19.3 Å². The Kier molecular flexibility index (Phi) is 42.3. The zero-order chi connectivity index (χ0) is 42.7. The molecule has 344 valence electrons. The van der Waals surface area contributed by atoms with E-state index in [2.05, 4.69) is 41.5 Å². The standard InChI is InChI=1S/C52H100O6/c1-46(2)38-32-26-20-14-10-8-7-9-11-16-23-29-35-41-50(53)56-44-49(45-57-51(54)42-36-30-24-19-18-22-28-34-40-48(5)6)58-52(55)43-37-31-25-17-13-12-15-21-27-33-39-47(3)4/h46-49H,7-45H2,1-6H3/t49-/m1/s1. The summed E-state index contributed by atoms with van der Waals surface area (Å²) in [6.07, 6.45) is 42.4. The van der Waals surface area contributed by atoms with Crippen LogP contribution in [0.1, 0.15) is 279 Å². The molecule has 0 radical (unpaired) electrons. The van der Waals surface area contributed by atoms with Gasteiger partial charge in [-0.15, -0.1) is 0 Å². The van der Waals surface area contributed by atoms with E-state index in [0.29, 0.717) is 19.3 Å². The number of esters is 3. The first-order valence-electron chi connectivity index (χ1n) is 25.6. The molecule has 0 saturated carbocycles. The lowest BCUT2D eigenvalue weighted by atomic mass is 10.0. The average molecular weight is 821 g/mol. The highest BCUT2D eigenvalue weighted by Crippen LogP contribution is 2.17.